The van der Waals surface area contributed by atoms with Crippen LogP contribution in [0.3, 0.4) is 0 Å². The maximum Gasteiger partial charge on any atom is 0.326 e. The average Bonchev–Trinajstić information content (AvgIpc) is 3.21. The number of aliphatic carboxylic acids is 1. The molecule has 0 spiro atoms. The van der Waals surface area contributed by atoms with Crippen molar-refractivity contribution in [1.82, 2.24) is 10.2 Å². The molecule has 2 atom stereocenters. The van der Waals surface area contributed by atoms with Gasteiger partial charge in [0, 0.05) is 11.7 Å². The van der Waals surface area contributed by atoms with Gasteiger partial charge in [-0.3, -0.25) is 9.59 Å². The highest BCUT2D eigenvalue weighted by molar-refractivity contribution is 7.99. The molecule has 1 saturated carbocycles. The summed E-state index contributed by atoms with van der Waals surface area (Å²) in [5.74, 6) is -0.301. The minimum Gasteiger partial charge on any atom is -0.480 e. The summed E-state index contributed by atoms with van der Waals surface area (Å²) >= 11 is 1.54. The van der Waals surface area contributed by atoms with Crippen molar-refractivity contribution in [3.63, 3.8) is 0 Å². The van der Waals surface area contributed by atoms with Crippen LogP contribution in [0.1, 0.15) is 39.0 Å². The van der Waals surface area contributed by atoms with E-state index in [0.29, 0.717) is 11.6 Å². The molecule has 1 saturated heterocycles. The summed E-state index contributed by atoms with van der Waals surface area (Å²) in [4.78, 5) is 37.9. The molecular weight excluding hydrogens is 316 g/mol. The number of thioether (sulfide) groups is 1. The van der Waals surface area contributed by atoms with Crippen molar-refractivity contribution < 1.29 is 19.5 Å². The lowest BCUT2D eigenvalue weighted by atomic mass is 10.1. The Labute approximate surface area is 140 Å². The Morgan fingerprint density at radius 2 is 2.04 bits per heavy atom. The van der Waals surface area contributed by atoms with Crippen LogP contribution in [-0.2, 0) is 14.4 Å². The van der Waals surface area contributed by atoms with Gasteiger partial charge in [-0.25, -0.2) is 4.79 Å². The molecule has 2 rings (SSSR count). The third-order valence-corrected chi connectivity index (χ3v) is 5.41. The van der Waals surface area contributed by atoms with E-state index in [1.807, 2.05) is 0 Å². The first-order chi connectivity index (χ1) is 11.0. The van der Waals surface area contributed by atoms with E-state index in [1.54, 1.807) is 35.7 Å². The maximum absolute atomic E-state index is 12.6. The normalized spacial score (nSPS) is 23.3. The Balaban J connectivity index is 1.98. The van der Waals surface area contributed by atoms with Crippen LogP contribution in [0.25, 0.3) is 0 Å². The summed E-state index contributed by atoms with van der Waals surface area (Å²) in [6.45, 7) is 1.80. The third-order valence-electron chi connectivity index (χ3n) is 4.39. The van der Waals surface area contributed by atoms with Crippen LogP contribution in [0.4, 0.5) is 0 Å². The fraction of sp³-hybridized carbons (Fsp3) is 0.688. The van der Waals surface area contributed by atoms with Crippen molar-refractivity contribution >= 4 is 29.5 Å². The van der Waals surface area contributed by atoms with Gasteiger partial charge in [0.05, 0.1) is 5.88 Å². The van der Waals surface area contributed by atoms with Gasteiger partial charge in [0.15, 0.2) is 0 Å². The van der Waals surface area contributed by atoms with Gasteiger partial charge in [-0.1, -0.05) is 25.0 Å². The van der Waals surface area contributed by atoms with Crippen LogP contribution in [0, 0.1) is 5.92 Å². The number of nitrogens with zero attached hydrogens (tertiary/aromatic N) is 1. The fourth-order valence-corrected chi connectivity index (χ4v) is 4.21. The minimum absolute atomic E-state index is 0.0299. The molecule has 23 heavy (non-hydrogen) atoms. The zero-order valence-electron chi connectivity index (χ0n) is 13.4. The highest BCUT2D eigenvalue weighted by atomic mass is 32.2. The summed E-state index contributed by atoms with van der Waals surface area (Å²) < 4.78 is 0. The summed E-state index contributed by atoms with van der Waals surface area (Å²) in [6, 6.07) is -1.51. The van der Waals surface area contributed by atoms with Gasteiger partial charge in [-0.2, -0.15) is 0 Å². The SMILES string of the molecule is C/C=C/CC(NC(=O)C1CSCN1C(=O)C1CCCC1)C(=O)O. The molecule has 2 unspecified atom stereocenters. The Kier molecular flexibility index (Phi) is 6.50. The van der Waals surface area contributed by atoms with Crippen LogP contribution >= 0.6 is 11.8 Å². The van der Waals surface area contributed by atoms with Crippen LogP contribution in [0.2, 0.25) is 0 Å². The van der Waals surface area contributed by atoms with Crippen LogP contribution in [0.15, 0.2) is 12.2 Å². The van der Waals surface area contributed by atoms with E-state index >= 15 is 0 Å². The highest BCUT2D eigenvalue weighted by Crippen LogP contribution is 2.30. The van der Waals surface area contributed by atoms with Gasteiger partial charge in [0.1, 0.15) is 12.1 Å². The number of hydrogen-bond donors (Lipinski definition) is 2. The average molecular weight is 340 g/mol. The molecule has 0 radical (unpaired) electrons. The summed E-state index contributed by atoms with van der Waals surface area (Å²) in [5, 5.41) is 11.8. The summed E-state index contributed by atoms with van der Waals surface area (Å²) in [7, 11) is 0. The molecule has 0 aromatic heterocycles. The molecule has 0 bridgehead atoms. The third kappa shape index (κ3) is 4.50. The maximum atomic E-state index is 12.6. The van der Waals surface area contributed by atoms with Gasteiger partial charge < -0.3 is 15.3 Å². The second-order valence-electron chi connectivity index (χ2n) is 6.01. The first kappa shape index (κ1) is 17.8. The van der Waals surface area contributed by atoms with Crippen molar-refractivity contribution in [3.05, 3.63) is 12.2 Å². The van der Waals surface area contributed by atoms with Gasteiger partial charge in [0.25, 0.3) is 0 Å². The van der Waals surface area contributed by atoms with Crippen molar-refractivity contribution in [2.24, 2.45) is 5.92 Å². The zero-order valence-corrected chi connectivity index (χ0v) is 14.2. The Morgan fingerprint density at radius 3 is 2.65 bits per heavy atom. The molecule has 1 aliphatic carbocycles. The quantitative estimate of drug-likeness (QED) is 0.718. The minimum atomic E-state index is -1.06. The van der Waals surface area contributed by atoms with Crippen molar-refractivity contribution in [1.29, 1.82) is 0 Å². The molecule has 2 N–H and O–H groups in total. The molecule has 0 aromatic rings. The zero-order chi connectivity index (χ0) is 16.8. The molecule has 1 aliphatic heterocycles. The molecule has 7 heteroatoms. The number of allylic oxidation sites excluding steroid dienone is 1. The monoisotopic (exact) mass is 340 g/mol. The van der Waals surface area contributed by atoms with E-state index in [1.165, 1.54) is 0 Å². The Bertz CT molecular complexity index is 488. The molecule has 1 heterocycles. The van der Waals surface area contributed by atoms with Gasteiger partial charge in [0.2, 0.25) is 11.8 Å². The van der Waals surface area contributed by atoms with E-state index in [4.69, 9.17) is 0 Å². The van der Waals surface area contributed by atoms with E-state index in [-0.39, 0.29) is 24.2 Å². The summed E-state index contributed by atoms with van der Waals surface area (Å²) in [6.07, 6.45) is 7.64. The number of carboxylic acid groups (broad SMARTS) is 1. The standard InChI is InChI=1S/C16H24N2O4S/c1-2-3-8-12(16(21)22)17-14(19)13-9-23-10-18(13)15(20)11-6-4-5-7-11/h2-3,11-13H,4-10H2,1H3,(H,17,19)(H,21,22)/b3-2+. The van der Waals surface area contributed by atoms with Crippen LogP contribution in [0.5, 0.6) is 0 Å². The first-order valence-corrected chi connectivity index (χ1v) is 9.22. The van der Waals surface area contributed by atoms with E-state index in [0.717, 1.165) is 25.7 Å². The molecule has 128 valence electrons. The second-order valence-corrected chi connectivity index (χ2v) is 7.01. The van der Waals surface area contributed by atoms with Crippen LogP contribution in [-0.4, -0.2) is 51.5 Å². The lowest BCUT2D eigenvalue weighted by molar-refractivity contribution is -0.144. The Hall–Kier alpha value is -1.50. The molecule has 0 aromatic carbocycles. The van der Waals surface area contributed by atoms with Crippen molar-refractivity contribution in [3.8, 4) is 0 Å². The smallest absolute Gasteiger partial charge is 0.326 e. The number of carboxylic acids is 1. The lowest BCUT2D eigenvalue weighted by Gasteiger charge is -2.26. The predicted molar refractivity (Wildman–Crippen MR) is 88.9 cm³/mol. The van der Waals surface area contributed by atoms with E-state index < -0.39 is 18.1 Å². The van der Waals surface area contributed by atoms with Crippen molar-refractivity contribution in [2.75, 3.05) is 11.6 Å². The summed E-state index contributed by atoms with van der Waals surface area (Å²) in [5.41, 5.74) is 0. The molecular formula is C16H24N2O4S. The van der Waals surface area contributed by atoms with E-state index in [9.17, 15) is 19.5 Å². The lowest BCUT2D eigenvalue weighted by Crippen LogP contribution is -2.52. The van der Waals surface area contributed by atoms with Gasteiger partial charge in [-0.15, -0.1) is 11.8 Å². The highest BCUT2D eigenvalue weighted by Gasteiger charge is 2.39. The van der Waals surface area contributed by atoms with Gasteiger partial charge >= 0.3 is 5.97 Å². The number of hydrogen-bond acceptors (Lipinski definition) is 4. The van der Waals surface area contributed by atoms with Crippen LogP contribution < -0.4 is 5.32 Å². The number of amides is 2. The Morgan fingerprint density at radius 1 is 1.35 bits per heavy atom. The number of carbonyl (C=O) groups excluding carboxylic acids is 2. The fourth-order valence-electron chi connectivity index (χ4n) is 3.05. The second kappa shape index (κ2) is 8.38. The number of rotatable bonds is 6. The molecule has 6 nitrogen and oxygen atoms in total. The topological polar surface area (TPSA) is 86.7 Å². The van der Waals surface area contributed by atoms with Crippen molar-refractivity contribution in [2.45, 2.75) is 51.1 Å². The number of carbonyl (C=O) groups is 3. The largest absolute Gasteiger partial charge is 0.480 e. The first-order valence-electron chi connectivity index (χ1n) is 8.07. The molecule has 2 amide bonds. The molecule has 2 aliphatic rings. The molecule has 2 fully saturated rings. The van der Waals surface area contributed by atoms with E-state index in [2.05, 4.69) is 5.32 Å². The van der Waals surface area contributed by atoms with Gasteiger partial charge in [-0.05, 0) is 26.2 Å². The number of nitrogens with one attached hydrogen (secondary N) is 1. The predicted octanol–water partition coefficient (Wildman–Crippen LogP) is 1.61.